The molecule has 1 N–H and O–H groups in total. The molecule has 4 heteroatoms. The molecule has 4 nitrogen and oxygen atoms in total. The van der Waals surface area contributed by atoms with Crippen molar-refractivity contribution in [3.05, 3.63) is 18.0 Å². The smallest absolute Gasteiger partial charge is 0.150 e. The van der Waals surface area contributed by atoms with E-state index in [4.69, 9.17) is 4.52 Å². The van der Waals surface area contributed by atoms with Crippen molar-refractivity contribution < 1.29 is 4.52 Å². The lowest BCUT2D eigenvalue weighted by atomic mass is 9.90. The molecule has 3 atom stereocenters. The van der Waals surface area contributed by atoms with Crippen molar-refractivity contribution in [3.8, 4) is 0 Å². The van der Waals surface area contributed by atoms with E-state index in [0.717, 1.165) is 18.8 Å². The highest BCUT2D eigenvalue weighted by molar-refractivity contribution is 4.94. The van der Waals surface area contributed by atoms with E-state index in [2.05, 4.69) is 36.3 Å². The van der Waals surface area contributed by atoms with Crippen molar-refractivity contribution >= 4 is 0 Å². The van der Waals surface area contributed by atoms with Gasteiger partial charge in [-0.3, -0.25) is 0 Å². The number of hydrogen-bond acceptors (Lipinski definition) is 4. The van der Waals surface area contributed by atoms with Crippen LogP contribution in [0.4, 0.5) is 0 Å². The van der Waals surface area contributed by atoms with Crippen LogP contribution in [0, 0.1) is 5.92 Å². The Bertz CT molecular complexity index is 312. The third-order valence-corrected chi connectivity index (χ3v) is 3.64. The summed E-state index contributed by atoms with van der Waals surface area (Å²) < 4.78 is 5.08. The van der Waals surface area contributed by atoms with Crippen molar-refractivity contribution in [1.29, 1.82) is 0 Å². The third kappa shape index (κ3) is 2.62. The second kappa shape index (κ2) is 4.97. The number of aromatic nitrogens is 1. The average Bonchev–Trinajstić information content (AvgIpc) is 2.74. The molecule has 1 aromatic rings. The molecule has 3 unspecified atom stereocenters. The third-order valence-electron chi connectivity index (χ3n) is 3.64. The van der Waals surface area contributed by atoms with Gasteiger partial charge in [0.15, 0.2) is 0 Å². The molecule has 1 fully saturated rings. The van der Waals surface area contributed by atoms with E-state index in [0.29, 0.717) is 18.0 Å². The monoisotopic (exact) mass is 223 g/mol. The van der Waals surface area contributed by atoms with Crippen LogP contribution in [0.1, 0.15) is 26.0 Å². The molecule has 0 radical (unpaired) electrons. The molecule has 1 aromatic heterocycles. The lowest BCUT2D eigenvalue weighted by molar-refractivity contribution is 0.119. The summed E-state index contributed by atoms with van der Waals surface area (Å²) in [7, 11) is 2.20. The number of hydrogen-bond donors (Lipinski definition) is 1. The summed E-state index contributed by atoms with van der Waals surface area (Å²) in [4.78, 5) is 2.43. The number of nitrogens with zero attached hydrogens (tertiary/aromatic N) is 2. The van der Waals surface area contributed by atoms with Crippen molar-refractivity contribution in [2.75, 3.05) is 13.6 Å². The molecule has 16 heavy (non-hydrogen) atoms. The Kier molecular flexibility index (Phi) is 3.61. The van der Waals surface area contributed by atoms with Gasteiger partial charge >= 0.3 is 0 Å². The van der Waals surface area contributed by atoms with E-state index in [1.165, 1.54) is 6.42 Å². The zero-order valence-corrected chi connectivity index (χ0v) is 10.3. The number of nitrogens with one attached hydrogen (secondary N) is 1. The quantitative estimate of drug-likeness (QED) is 0.843. The maximum atomic E-state index is 5.08. The molecule has 2 rings (SSSR count). The van der Waals surface area contributed by atoms with Crippen LogP contribution >= 0.6 is 0 Å². The van der Waals surface area contributed by atoms with Gasteiger partial charge in [-0.1, -0.05) is 12.1 Å². The maximum Gasteiger partial charge on any atom is 0.150 e. The van der Waals surface area contributed by atoms with Gasteiger partial charge in [-0.15, -0.1) is 0 Å². The fraction of sp³-hybridized carbons (Fsp3) is 0.750. The molecule has 0 aromatic carbocycles. The Morgan fingerprint density at radius 1 is 1.56 bits per heavy atom. The summed E-state index contributed by atoms with van der Waals surface area (Å²) in [6.45, 7) is 6.54. The second-order valence-corrected chi connectivity index (χ2v) is 4.97. The second-order valence-electron chi connectivity index (χ2n) is 4.97. The van der Waals surface area contributed by atoms with E-state index in [1.807, 2.05) is 6.07 Å². The molecule has 0 amide bonds. The molecule has 0 spiro atoms. The summed E-state index contributed by atoms with van der Waals surface area (Å²) in [5.41, 5.74) is 0. The fourth-order valence-electron chi connectivity index (χ4n) is 2.39. The Labute approximate surface area is 97.0 Å². The lowest BCUT2D eigenvalue weighted by Gasteiger charge is -2.40. The molecule has 90 valence electrons. The highest BCUT2D eigenvalue weighted by atomic mass is 16.5. The van der Waals surface area contributed by atoms with Crippen LogP contribution < -0.4 is 5.32 Å². The Balaban J connectivity index is 1.85. The first-order chi connectivity index (χ1) is 7.66. The Morgan fingerprint density at radius 3 is 3.06 bits per heavy atom. The highest BCUT2D eigenvalue weighted by Crippen LogP contribution is 2.20. The minimum absolute atomic E-state index is 0.580. The fourth-order valence-corrected chi connectivity index (χ4v) is 2.39. The first-order valence-electron chi connectivity index (χ1n) is 6.00. The van der Waals surface area contributed by atoms with E-state index in [-0.39, 0.29) is 0 Å². The maximum absolute atomic E-state index is 5.08. The first kappa shape index (κ1) is 11.6. The summed E-state index contributed by atoms with van der Waals surface area (Å²) in [6.07, 6.45) is 2.89. The van der Waals surface area contributed by atoms with Gasteiger partial charge in [0.1, 0.15) is 5.76 Å². The number of piperidine rings is 1. The molecule has 0 saturated carbocycles. The molecule has 1 aliphatic rings. The summed E-state index contributed by atoms with van der Waals surface area (Å²) in [5, 5.41) is 7.27. The molecule has 1 aliphatic heterocycles. The van der Waals surface area contributed by atoms with Crippen LogP contribution in [0.2, 0.25) is 0 Å². The predicted octanol–water partition coefficient (Wildman–Crippen LogP) is 1.49. The summed E-state index contributed by atoms with van der Waals surface area (Å²) in [5.74, 6) is 1.60. The van der Waals surface area contributed by atoms with Crippen LogP contribution in [0.3, 0.4) is 0 Å². The molecule has 1 saturated heterocycles. The van der Waals surface area contributed by atoms with Crippen molar-refractivity contribution in [2.45, 2.75) is 38.9 Å². The minimum atomic E-state index is 0.580. The van der Waals surface area contributed by atoms with Gasteiger partial charge in [0.25, 0.3) is 0 Å². The van der Waals surface area contributed by atoms with E-state index in [9.17, 15) is 0 Å². The van der Waals surface area contributed by atoms with Crippen molar-refractivity contribution in [1.82, 2.24) is 15.4 Å². The predicted molar refractivity (Wildman–Crippen MR) is 63.0 cm³/mol. The van der Waals surface area contributed by atoms with Gasteiger partial charge in [0.2, 0.25) is 0 Å². The van der Waals surface area contributed by atoms with Crippen LogP contribution in [0.15, 0.2) is 16.8 Å². The molecular formula is C12H21N3O. The standard InChI is InChI=1S/C12H21N3O/c1-9-8-15(3)10(2)6-12(9)13-7-11-4-5-14-16-11/h4-5,9-10,12-13H,6-8H2,1-3H3. The first-order valence-corrected chi connectivity index (χ1v) is 6.00. The highest BCUT2D eigenvalue weighted by Gasteiger charge is 2.28. The topological polar surface area (TPSA) is 41.3 Å². The minimum Gasteiger partial charge on any atom is -0.360 e. The molecule has 0 bridgehead atoms. The van der Waals surface area contributed by atoms with Gasteiger partial charge in [-0.25, -0.2) is 0 Å². The van der Waals surface area contributed by atoms with Gasteiger partial charge in [-0.2, -0.15) is 0 Å². The summed E-state index contributed by atoms with van der Waals surface area (Å²) in [6, 6.07) is 3.15. The van der Waals surface area contributed by atoms with Crippen molar-refractivity contribution in [2.24, 2.45) is 5.92 Å². The normalized spacial score (nSPS) is 31.8. The molecule has 2 heterocycles. The number of likely N-dealkylation sites (tertiary alicyclic amines) is 1. The van der Waals surface area contributed by atoms with Crippen LogP contribution in [0.25, 0.3) is 0 Å². The Morgan fingerprint density at radius 2 is 2.38 bits per heavy atom. The van der Waals surface area contributed by atoms with Crippen LogP contribution in [-0.4, -0.2) is 35.7 Å². The van der Waals surface area contributed by atoms with E-state index >= 15 is 0 Å². The van der Waals surface area contributed by atoms with E-state index < -0.39 is 0 Å². The lowest BCUT2D eigenvalue weighted by Crippen LogP contribution is -2.50. The van der Waals surface area contributed by atoms with Gasteiger partial charge < -0.3 is 14.7 Å². The molecular weight excluding hydrogens is 202 g/mol. The zero-order chi connectivity index (χ0) is 11.5. The van der Waals surface area contributed by atoms with Crippen LogP contribution in [0.5, 0.6) is 0 Å². The Hall–Kier alpha value is -0.870. The average molecular weight is 223 g/mol. The number of rotatable bonds is 3. The van der Waals surface area contributed by atoms with Gasteiger partial charge in [0, 0.05) is 24.7 Å². The van der Waals surface area contributed by atoms with Gasteiger partial charge in [-0.05, 0) is 26.3 Å². The summed E-state index contributed by atoms with van der Waals surface area (Å²) >= 11 is 0. The zero-order valence-electron chi connectivity index (χ0n) is 10.3. The van der Waals surface area contributed by atoms with Gasteiger partial charge in [0.05, 0.1) is 12.7 Å². The van der Waals surface area contributed by atoms with E-state index in [1.54, 1.807) is 6.20 Å². The van der Waals surface area contributed by atoms with Crippen molar-refractivity contribution in [3.63, 3.8) is 0 Å². The SMILES string of the molecule is CC1CN(C)C(C)CC1NCc1ccno1. The largest absolute Gasteiger partial charge is 0.360 e. The van der Waals surface area contributed by atoms with Crippen LogP contribution in [-0.2, 0) is 6.54 Å². The molecule has 0 aliphatic carbocycles.